The number of aromatic nitrogens is 5. The lowest BCUT2D eigenvalue weighted by Crippen LogP contribution is -1.93. The average molecular weight is 379 g/mol. The highest BCUT2D eigenvalue weighted by molar-refractivity contribution is 7.98. The number of aryl methyl sites for hydroxylation is 1. The third-order valence-electron chi connectivity index (χ3n) is 4.15. The zero-order valence-corrected chi connectivity index (χ0v) is 15.4. The van der Waals surface area contributed by atoms with Crippen LogP contribution in [0.5, 0.6) is 0 Å². The van der Waals surface area contributed by atoms with Crippen LogP contribution in [0, 0.1) is 6.92 Å². The number of fused-ring (bicyclic) bond motifs is 3. The third-order valence-corrected chi connectivity index (χ3v) is 5.74. The predicted octanol–water partition coefficient (Wildman–Crippen LogP) is 4.59. The van der Waals surface area contributed by atoms with Gasteiger partial charge in [0.2, 0.25) is 11.7 Å². The van der Waals surface area contributed by atoms with Gasteiger partial charge in [-0.1, -0.05) is 35.1 Å². The Kier molecular flexibility index (Phi) is 3.72. The van der Waals surface area contributed by atoms with Crippen LogP contribution in [0.4, 0.5) is 0 Å². The smallest absolute Gasteiger partial charge is 0.237 e. The van der Waals surface area contributed by atoms with E-state index in [1.807, 2.05) is 29.0 Å². The monoisotopic (exact) mass is 379 g/mol. The van der Waals surface area contributed by atoms with Crippen molar-refractivity contribution in [3.63, 3.8) is 0 Å². The molecule has 0 aliphatic rings. The van der Waals surface area contributed by atoms with Crippen molar-refractivity contribution in [3.05, 3.63) is 58.6 Å². The molecule has 4 aromatic heterocycles. The molecule has 1 aromatic carbocycles. The number of benzene rings is 1. The predicted molar refractivity (Wildman–Crippen MR) is 102 cm³/mol. The molecule has 4 heterocycles. The fourth-order valence-corrected chi connectivity index (χ4v) is 4.34. The van der Waals surface area contributed by atoms with E-state index in [0.29, 0.717) is 17.5 Å². The van der Waals surface area contributed by atoms with Crippen molar-refractivity contribution < 1.29 is 4.52 Å². The summed E-state index contributed by atoms with van der Waals surface area (Å²) < 4.78 is 7.44. The lowest BCUT2D eigenvalue weighted by molar-refractivity contribution is 0.391. The Morgan fingerprint density at radius 2 is 2.12 bits per heavy atom. The summed E-state index contributed by atoms with van der Waals surface area (Å²) in [4.78, 5) is 4.46. The SMILES string of the molecule is Cc1cc2nnc(SCc3nc(-c4ccsc4)no3)n2c2ccccc12. The van der Waals surface area contributed by atoms with E-state index >= 15 is 0 Å². The van der Waals surface area contributed by atoms with Gasteiger partial charge < -0.3 is 4.52 Å². The Morgan fingerprint density at radius 3 is 3.00 bits per heavy atom. The molecule has 0 N–H and O–H groups in total. The molecule has 0 bridgehead atoms. The minimum absolute atomic E-state index is 0.542. The number of para-hydroxylation sites is 1. The maximum atomic E-state index is 5.37. The van der Waals surface area contributed by atoms with Gasteiger partial charge in [-0.15, -0.1) is 10.2 Å². The van der Waals surface area contributed by atoms with E-state index < -0.39 is 0 Å². The molecule has 0 fully saturated rings. The highest BCUT2D eigenvalue weighted by atomic mass is 32.2. The summed E-state index contributed by atoms with van der Waals surface area (Å²) in [5.74, 6) is 1.73. The molecule has 26 heavy (non-hydrogen) atoms. The number of rotatable bonds is 4. The van der Waals surface area contributed by atoms with E-state index in [4.69, 9.17) is 4.52 Å². The molecule has 5 rings (SSSR count). The summed E-state index contributed by atoms with van der Waals surface area (Å²) in [6.07, 6.45) is 0. The second kappa shape index (κ2) is 6.22. The fourth-order valence-electron chi connectivity index (χ4n) is 2.92. The van der Waals surface area contributed by atoms with Gasteiger partial charge in [-0.05, 0) is 36.1 Å². The molecule has 0 aliphatic carbocycles. The zero-order valence-electron chi connectivity index (χ0n) is 13.8. The molecule has 0 aliphatic heterocycles. The molecule has 0 radical (unpaired) electrons. The Labute approximate surface area is 156 Å². The van der Waals surface area contributed by atoms with Gasteiger partial charge in [-0.3, -0.25) is 4.40 Å². The summed E-state index contributed by atoms with van der Waals surface area (Å²) in [7, 11) is 0. The van der Waals surface area contributed by atoms with E-state index in [1.165, 1.54) is 22.7 Å². The second-order valence-electron chi connectivity index (χ2n) is 5.83. The van der Waals surface area contributed by atoms with E-state index in [2.05, 4.69) is 49.9 Å². The van der Waals surface area contributed by atoms with E-state index in [1.54, 1.807) is 11.3 Å². The van der Waals surface area contributed by atoms with Crippen molar-refractivity contribution in [2.24, 2.45) is 0 Å². The number of thiophene rings is 1. The normalized spacial score (nSPS) is 11.6. The molecule has 0 unspecified atom stereocenters. The van der Waals surface area contributed by atoms with Crippen LogP contribution in [-0.2, 0) is 5.75 Å². The van der Waals surface area contributed by atoms with Crippen molar-refractivity contribution >= 4 is 39.6 Å². The number of pyridine rings is 1. The second-order valence-corrected chi connectivity index (χ2v) is 7.56. The minimum Gasteiger partial charge on any atom is -0.338 e. The molecular weight excluding hydrogens is 366 g/mol. The molecule has 0 atom stereocenters. The largest absolute Gasteiger partial charge is 0.338 e. The maximum absolute atomic E-state index is 5.37. The van der Waals surface area contributed by atoms with Crippen molar-refractivity contribution in [2.75, 3.05) is 0 Å². The first-order valence-corrected chi connectivity index (χ1v) is 9.94. The van der Waals surface area contributed by atoms with E-state index in [-0.39, 0.29) is 0 Å². The van der Waals surface area contributed by atoms with E-state index in [9.17, 15) is 0 Å². The number of thioether (sulfide) groups is 1. The van der Waals surface area contributed by atoms with Gasteiger partial charge in [0, 0.05) is 16.3 Å². The van der Waals surface area contributed by atoms with Crippen LogP contribution < -0.4 is 0 Å². The van der Waals surface area contributed by atoms with Gasteiger partial charge >= 0.3 is 0 Å². The van der Waals surface area contributed by atoms with Crippen molar-refractivity contribution in [2.45, 2.75) is 17.8 Å². The first-order chi connectivity index (χ1) is 12.8. The Morgan fingerprint density at radius 1 is 1.19 bits per heavy atom. The summed E-state index contributed by atoms with van der Waals surface area (Å²) >= 11 is 3.15. The lowest BCUT2D eigenvalue weighted by atomic mass is 10.1. The summed E-state index contributed by atoms with van der Waals surface area (Å²) in [5.41, 5.74) is 4.10. The van der Waals surface area contributed by atoms with Crippen LogP contribution in [0.3, 0.4) is 0 Å². The molecule has 128 valence electrons. The number of nitrogens with zero attached hydrogens (tertiary/aromatic N) is 5. The molecule has 0 saturated heterocycles. The molecule has 5 aromatic rings. The van der Waals surface area contributed by atoms with Crippen LogP contribution in [0.1, 0.15) is 11.5 Å². The van der Waals surface area contributed by atoms with Crippen LogP contribution in [0.2, 0.25) is 0 Å². The lowest BCUT2D eigenvalue weighted by Gasteiger charge is -2.06. The third kappa shape index (κ3) is 2.58. The quantitative estimate of drug-likeness (QED) is 0.425. The maximum Gasteiger partial charge on any atom is 0.237 e. The summed E-state index contributed by atoms with van der Waals surface area (Å²) in [5, 5.41) is 18.7. The Hall–Kier alpha value is -2.71. The van der Waals surface area contributed by atoms with E-state index in [0.717, 1.165) is 21.9 Å². The molecule has 0 saturated carbocycles. The summed E-state index contributed by atoms with van der Waals surface area (Å²) in [6.45, 7) is 2.09. The minimum atomic E-state index is 0.542. The molecule has 0 spiro atoms. The van der Waals surface area contributed by atoms with Gasteiger partial charge in [0.15, 0.2) is 10.8 Å². The molecule has 8 heteroatoms. The van der Waals surface area contributed by atoms with Crippen molar-refractivity contribution in [1.82, 2.24) is 24.7 Å². The first kappa shape index (κ1) is 15.5. The highest BCUT2D eigenvalue weighted by Gasteiger charge is 2.14. The fraction of sp³-hybridized carbons (Fsp3) is 0.111. The standard InChI is InChI=1S/C18H13N5OS2/c1-11-8-15-20-21-18(23(15)14-5-3-2-4-13(11)14)26-10-16-19-17(22-24-16)12-6-7-25-9-12/h2-9H,10H2,1H3. The molecular formula is C18H13N5OS2. The highest BCUT2D eigenvalue weighted by Crippen LogP contribution is 2.28. The van der Waals surface area contributed by atoms with Crippen LogP contribution >= 0.6 is 23.1 Å². The Bertz CT molecular complexity index is 1210. The Balaban J connectivity index is 1.48. The van der Waals surface area contributed by atoms with Crippen LogP contribution in [0.25, 0.3) is 27.9 Å². The average Bonchev–Trinajstić information content (AvgIpc) is 3.40. The zero-order chi connectivity index (χ0) is 17.5. The summed E-state index contributed by atoms with van der Waals surface area (Å²) in [6, 6.07) is 12.3. The molecule has 0 amide bonds. The molecule has 6 nitrogen and oxygen atoms in total. The van der Waals surface area contributed by atoms with Gasteiger partial charge in [0.25, 0.3) is 0 Å². The topological polar surface area (TPSA) is 69.1 Å². The van der Waals surface area contributed by atoms with Crippen molar-refractivity contribution in [3.8, 4) is 11.4 Å². The number of hydrogen-bond donors (Lipinski definition) is 0. The van der Waals surface area contributed by atoms with Gasteiger partial charge in [0.05, 0.1) is 11.3 Å². The van der Waals surface area contributed by atoms with Gasteiger partial charge in [-0.2, -0.15) is 16.3 Å². The number of hydrogen-bond acceptors (Lipinski definition) is 7. The van der Waals surface area contributed by atoms with Crippen LogP contribution in [-0.4, -0.2) is 24.7 Å². The first-order valence-electron chi connectivity index (χ1n) is 8.01. The van der Waals surface area contributed by atoms with Crippen molar-refractivity contribution in [1.29, 1.82) is 0 Å². The van der Waals surface area contributed by atoms with Crippen LogP contribution in [0.15, 0.2) is 56.8 Å². The van der Waals surface area contributed by atoms with Gasteiger partial charge in [-0.25, -0.2) is 0 Å². The van der Waals surface area contributed by atoms with Gasteiger partial charge in [0.1, 0.15) is 0 Å².